The number of carbonyl (C=O) groups is 1. The molecule has 102 valence electrons. The minimum atomic E-state index is -0.00598. The van der Waals surface area contributed by atoms with Crippen LogP contribution >= 0.6 is 12.2 Å². The largest absolute Gasteiger partial charge is 0.389 e. The summed E-state index contributed by atoms with van der Waals surface area (Å²) in [6, 6.07) is 3.71. The summed E-state index contributed by atoms with van der Waals surface area (Å²) in [5.74, 6) is 0.530. The average Bonchev–Trinajstić information content (AvgIpc) is 2.41. The van der Waals surface area contributed by atoms with Crippen LogP contribution in [0.4, 0.5) is 0 Å². The van der Waals surface area contributed by atoms with Crippen molar-refractivity contribution in [1.82, 2.24) is 9.88 Å². The molecule has 5 heteroatoms. The molecule has 2 heterocycles. The Morgan fingerprint density at radius 1 is 1.47 bits per heavy atom. The van der Waals surface area contributed by atoms with Gasteiger partial charge in [-0.05, 0) is 37.8 Å². The molecule has 0 aliphatic carbocycles. The van der Waals surface area contributed by atoms with E-state index in [9.17, 15) is 4.79 Å². The third-order valence-electron chi connectivity index (χ3n) is 3.90. The van der Waals surface area contributed by atoms with E-state index in [2.05, 4.69) is 18.8 Å². The third-order valence-corrected chi connectivity index (χ3v) is 4.14. The van der Waals surface area contributed by atoms with Gasteiger partial charge in [-0.3, -0.25) is 9.78 Å². The Morgan fingerprint density at radius 2 is 2.21 bits per heavy atom. The van der Waals surface area contributed by atoms with Crippen LogP contribution in [0.15, 0.2) is 18.3 Å². The molecule has 2 unspecified atom stereocenters. The maximum atomic E-state index is 12.4. The van der Waals surface area contributed by atoms with Crippen LogP contribution in [0, 0.1) is 5.92 Å². The molecule has 1 aromatic rings. The van der Waals surface area contributed by atoms with Crippen LogP contribution in [0.3, 0.4) is 0 Å². The van der Waals surface area contributed by atoms with Gasteiger partial charge in [-0.15, -0.1) is 0 Å². The summed E-state index contributed by atoms with van der Waals surface area (Å²) < 4.78 is 0. The van der Waals surface area contributed by atoms with E-state index in [1.54, 1.807) is 18.3 Å². The molecule has 1 aliphatic rings. The zero-order valence-electron chi connectivity index (χ0n) is 11.3. The molecule has 2 atom stereocenters. The molecule has 1 aliphatic heterocycles. The molecule has 2 N–H and O–H groups in total. The van der Waals surface area contributed by atoms with Gasteiger partial charge < -0.3 is 10.6 Å². The molecule has 1 amide bonds. The fourth-order valence-corrected chi connectivity index (χ4v) is 2.56. The van der Waals surface area contributed by atoms with Crippen LogP contribution in [0.2, 0.25) is 0 Å². The molecule has 19 heavy (non-hydrogen) atoms. The number of amides is 1. The number of pyridine rings is 1. The Balaban J connectivity index is 2.17. The van der Waals surface area contributed by atoms with Crippen molar-refractivity contribution in [2.75, 3.05) is 6.54 Å². The second-order valence-corrected chi connectivity index (χ2v) is 5.59. The molecule has 2 rings (SSSR count). The number of thiocarbonyl (C=S) groups is 1. The van der Waals surface area contributed by atoms with Crippen LogP contribution in [0.1, 0.15) is 42.7 Å². The Hall–Kier alpha value is -1.49. The van der Waals surface area contributed by atoms with Gasteiger partial charge in [-0.1, -0.05) is 19.1 Å². The summed E-state index contributed by atoms with van der Waals surface area (Å²) in [4.78, 5) is 18.8. The van der Waals surface area contributed by atoms with Gasteiger partial charge in [0.1, 0.15) is 10.7 Å². The standard InChI is InChI=1S/C14H19N3OS/c1-9-4-3-7-17(10(9)2)14(18)12-6-5-11(8-16-12)13(15)19/h5-6,8-10H,3-4,7H2,1-2H3,(H2,15,19). The highest BCUT2D eigenvalue weighted by Gasteiger charge is 2.29. The van der Waals surface area contributed by atoms with E-state index in [1.807, 2.05) is 4.90 Å². The van der Waals surface area contributed by atoms with Gasteiger partial charge in [0, 0.05) is 24.3 Å². The highest BCUT2D eigenvalue weighted by atomic mass is 32.1. The Kier molecular flexibility index (Phi) is 4.14. The van der Waals surface area contributed by atoms with Gasteiger partial charge >= 0.3 is 0 Å². The second kappa shape index (κ2) is 5.65. The van der Waals surface area contributed by atoms with Gasteiger partial charge in [-0.25, -0.2) is 0 Å². The average molecular weight is 277 g/mol. The molecular weight excluding hydrogens is 258 g/mol. The second-order valence-electron chi connectivity index (χ2n) is 5.16. The van der Waals surface area contributed by atoms with Gasteiger partial charge in [0.15, 0.2) is 0 Å². The SMILES string of the molecule is CC1CCCN(C(=O)c2ccc(C(N)=S)cn2)C1C. The zero-order valence-corrected chi connectivity index (χ0v) is 12.1. The lowest BCUT2D eigenvalue weighted by molar-refractivity contribution is 0.0545. The number of hydrogen-bond acceptors (Lipinski definition) is 3. The van der Waals surface area contributed by atoms with Gasteiger partial charge in [0.05, 0.1) is 0 Å². The van der Waals surface area contributed by atoms with Crippen LogP contribution in [0.5, 0.6) is 0 Å². The molecule has 0 radical (unpaired) electrons. The summed E-state index contributed by atoms with van der Waals surface area (Å²) in [5.41, 5.74) is 6.66. The van der Waals surface area contributed by atoms with Crippen LogP contribution in [-0.2, 0) is 0 Å². The normalized spacial score (nSPS) is 23.2. The number of nitrogens with two attached hydrogens (primary N) is 1. The number of aromatic nitrogens is 1. The fourth-order valence-electron chi connectivity index (χ4n) is 2.44. The summed E-state index contributed by atoms with van der Waals surface area (Å²) in [7, 11) is 0. The van der Waals surface area contributed by atoms with Crippen molar-refractivity contribution in [3.63, 3.8) is 0 Å². The summed E-state index contributed by atoms with van der Waals surface area (Å²) in [6.45, 7) is 5.10. The first-order chi connectivity index (χ1) is 9.00. The van der Waals surface area contributed by atoms with E-state index in [0.717, 1.165) is 13.0 Å². The van der Waals surface area contributed by atoms with Crippen LogP contribution < -0.4 is 5.73 Å². The fraction of sp³-hybridized carbons (Fsp3) is 0.500. The van der Waals surface area contributed by atoms with E-state index < -0.39 is 0 Å². The Bertz CT molecular complexity index is 486. The number of rotatable bonds is 2. The van der Waals surface area contributed by atoms with Crippen LogP contribution in [-0.4, -0.2) is 33.4 Å². The topological polar surface area (TPSA) is 59.2 Å². The number of hydrogen-bond donors (Lipinski definition) is 1. The van der Waals surface area contributed by atoms with Crippen molar-refractivity contribution in [3.05, 3.63) is 29.6 Å². The lowest BCUT2D eigenvalue weighted by Gasteiger charge is -2.37. The molecule has 4 nitrogen and oxygen atoms in total. The van der Waals surface area contributed by atoms with Crippen molar-refractivity contribution in [2.24, 2.45) is 11.7 Å². The Morgan fingerprint density at radius 3 is 2.79 bits per heavy atom. The smallest absolute Gasteiger partial charge is 0.272 e. The zero-order chi connectivity index (χ0) is 14.0. The summed E-state index contributed by atoms with van der Waals surface area (Å²) in [6.07, 6.45) is 3.80. The number of likely N-dealkylation sites (tertiary alicyclic amines) is 1. The minimum absolute atomic E-state index is 0.00598. The quantitative estimate of drug-likeness (QED) is 0.840. The van der Waals surface area contributed by atoms with Gasteiger partial charge in [0.2, 0.25) is 0 Å². The molecule has 0 spiro atoms. The van der Waals surface area contributed by atoms with Gasteiger partial charge in [-0.2, -0.15) is 0 Å². The van der Waals surface area contributed by atoms with Gasteiger partial charge in [0.25, 0.3) is 5.91 Å². The van der Waals surface area contributed by atoms with Crippen molar-refractivity contribution in [2.45, 2.75) is 32.7 Å². The lowest BCUT2D eigenvalue weighted by atomic mass is 9.92. The molecule has 0 saturated carbocycles. The number of carbonyl (C=O) groups excluding carboxylic acids is 1. The minimum Gasteiger partial charge on any atom is -0.389 e. The summed E-state index contributed by atoms with van der Waals surface area (Å²) in [5, 5.41) is 0. The maximum absolute atomic E-state index is 12.4. The molecule has 1 saturated heterocycles. The van der Waals surface area contributed by atoms with Crippen molar-refractivity contribution in [3.8, 4) is 0 Å². The first kappa shape index (κ1) is 13.9. The lowest BCUT2D eigenvalue weighted by Crippen LogP contribution is -2.46. The Labute approximate surface area is 119 Å². The van der Waals surface area contributed by atoms with Crippen LogP contribution in [0.25, 0.3) is 0 Å². The highest BCUT2D eigenvalue weighted by molar-refractivity contribution is 7.80. The van der Waals surface area contributed by atoms with Crippen molar-refractivity contribution >= 4 is 23.1 Å². The maximum Gasteiger partial charge on any atom is 0.272 e. The number of piperidine rings is 1. The van der Waals surface area contributed by atoms with E-state index in [4.69, 9.17) is 18.0 Å². The predicted octanol–water partition coefficient (Wildman–Crippen LogP) is 1.98. The highest BCUT2D eigenvalue weighted by Crippen LogP contribution is 2.24. The first-order valence-electron chi connectivity index (χ1n) is 6.57. The van der Waals surface area contributed by atoms with E-state index in [1.165, 1.54) is 6.42 Å². The van der Waals surface area contributed by atoms with E-state index in [0.29, 0.717) is 22.2 Å². The van der Waals surface area contributed by atoms with Crippen molar-refractivity contribution < 1.29 is 4.79 Å². The van der Waals surface area contributed by atoms with Crippen molar-refractivity contribution in [1.29, 1.82) is 0 Å². The molecular formula is C14H19N3OS. The molecule has 1 fully saturated rings. The predicted molar refractivity (Wildman–Crippen MR) is 79.0 cm³/mol. The number of nitrogens with zero attached hydrogens (tertiary/aromatic N) is 2. The monoisotopic (exact) mass is 277 g/mol. The summed E-state index contributed by atoms with van der Waals surface area (Å²) >= 11 is 4.87. The molecule has 1 aromatic heterocycles. The molecule has 0 aromatic carbocycles. The van der Waals surface area contributed by atoms with E-state index in [-0.39, 0.29) is 11.9 Å². The first-order valence-corrected chi connectivity index (χ1v) is 6.98. The third kappa shape index (κ3) is 2.92. The van der Waals surface area contributed by atoms with E-state index >= 15 is 0 Å². The molecule has 0 bridgehead atoms.